The molecule has 112 valence electrons. The van der Waals surface area contributed by atoms with Crippen LogP contribution in [0.3, 0.4) is 0 Å². The van der Waals surface area contributed by atoms with Gasteiger partial charge in [0.25, 0.3) is 0 Å². The van der Waals surface area contributed by atoms with E-state index in [1.807, 2.05) is 37.4 Å². The van der Waals surface area contributed by atoms with Gasteiger partial charge in [-0.3, -0.25) is 4.72 Å². The van der Waals surface area contributed by atoms with Gasteiger partial charge in [-0.05, 0) is 36.8 Å². The second-order valence-corrected chi connectivity index (χ2v) is 6.90. The summed E-state index contributed by atoms with van der Waals surface area (Å²) in [5.74, 6) is 0.0721. The average molecular weight is 304 g/mol. The molecular formula is C16H20N2O2S. The molecule has 2 aromatic carbocycles. The quantitative estimate of drug-likeness (QED) is 0.892. The number of nitrogens with zero attached hydrogens (tertiary/aromatic N) is 1. The summed E-state index contributed by atoms with van der Waals surface area (Å²) in [6.45, 7) is 2.42. The Balaban J connectivity index is 2.05. The molecule has 0 fully saturated rings. The van der Waals surface area contributed by atoms with E-state index in [1.165, 1.54) is 5.56 Å². The molecule has 0 unspecified atom stereocenters. The number of hydrogen-bond donors (Lipinski definition) is 1. The standard InChI is InChI=1S/C16H20N2O2S/c1-3-21(19,20)17-15-9-11-16(12-10-15)18(2)13-14-7-5-4-6-8-14/h4-12,17H,3,13H2,1-2H3. The summed E-state index contributed by atoms with van der Waals surface area (Å²) in [6, 6.07) is 17.6. The highest BCUT2D eigenvalue weighted by Crippen LogP contribution is 2.19. The number of hydrogen-bond acceptors (Lipinski definition) is 3. The molecule has 0 radical (unpaired) electrons. The summed E-state index contributed by atoms with van der Waals surface area (Å²) < 4.78 is 25.6. The van der Waals surface area contributed by atoms with E-state index in [9.17, 15) is 8.42 Å². The fraction of sp³-hybridized carbons (Fsp3) is 0.250. The zero-order valence-corrected chi connectivity index (χ0v) is 13.1. The van der Waals surface area contributed by atoms with Gasteiger partial charge in [-0.15, -0.1) is 0 Å². The Hall–Kier alpha value is -2.01. The van der Waals surface area contributed by atoms with E-state index in [1.54, 1.807) is 19.1 Å². The van der Waals surface area contributed by atoms with Gasteiger partial charge < -0.3 is 4.90 Å². The summed E-state index contributed by atoms with van der Waals surface area (Å²) in [4.78, 5) is 2.12. The molecule has 2 rings (SSSR count). The van der Waals surface area contributed by atoms with E-state index in [4.69, 9.17) is 0 Å². The highest BCUT2D eigenvalue weighted by atomic mass is 32.2. The number of benzene rings is 2. The van der Waals surface area contributed by atoms with Crippen molar-refractivity contribution < 1.29 is 8.42 Å². The van der Waals surface area contributed by atoms with Crippen LogP contribution in [-0.4, -0.2) is 21.2 Å². The number of nitrogens with one attached hydrogen (secondary N) is 1. The Bertz CT molecular complexity index is 667. The van der Waals surface area contributed by atoms with Gasteiger partial charge in [0.2, 0.25) is 10.0 Å². The largest absolute Gasteiger partial charge is 0.370 e. The molecule has 0 saturated heterocycles. The molecule has 0 heterocycles. The zero-order chi connectivity index (χ0) is 15.3. The molecule has 2 aromatic rings. The molecule has 4 nitrogen and oxygen atoms in total. The fourth-order valence-corrected chi connectivity index (χ4v) is 2.62. The number of anilines is 2. The van der Waals surface area contributed by atoms with Crippen LogP contribution >= 0.6 is 0 Å². The van der Waals surface area contributed by atoms with Crippen LogP contribution in [0.5, 0.6) is 0 Å². The van der Waals surface area contributed by atoms with Crippen LogP contribution in [0, 0.1) is 0 Å². The van der Waals surface area contributed by atoms with Crippen molar-refractivity contribution in [2.75, 3.05) is 22.4 Å². The monoisotopic (exact) mass is 304 g/mol. The smallest absolute Gasteiger partial charge is 0.232 e. The molecule has 5 heteroatoms. The second-order valence-electron chi connectivity index (χ2n) is 4.89. The van der Waals surface area contributed by atoms with E-state index in [2.05, 4.69) is 21.8 Å². The van der Waals surface area contributed by atoms with Gasteiger partial charge in [-0.2, -0.15) is 0 Å². The molecule has 0 amide bonds. The summed E-state index contributed by atoms with van der Waals surface area (Å²) in [5.41, 5.74) is 2.86. The lowest BCUT2D eigenvalue weighted by Crippen LogP contribution is -2.17. The summed E-state index contributed by atoms with van der Waals surface area (Å²) in [5, 5.41) is 0. The maximum Gasteiger partial charge on any atom is 0.232 e. The first-order chi connectivity index (χ1) is 10.00. The van der Waals surface area contributed by atoms with Crippen molar-refractivity contribution in [3.8, 4) is 0 Å². The molecule has 1 N–H and O–H groups in total. The maximum absolute atomic E-state index is 11.5. The molecule has 0 spiro atoms. The molecule has 0 bridgehead atoms. The minimum Gasteiger partial charge on any atom is -0.370 e. The van der Waals surface area contributed by atoms with Crippen LogP contribution in [0.15, 0.2) is 54.6 Å². The summed E-state index contributed by atoms with van der Waals surface area (Å²) >= 11 is 0. The number of rotatable bonds is 6. The average Bonchev–Trinajstić information content (AvgIpc) is 2.48. The molecule has 0 aliphatic rings. The Labute approximate surface area is 126 Å². The first kappa shape index (κ1) is 15.4. The van der Waals surface area contributed by atoms with Gasteiger partial charge in [0.15, 0.2) is 0 Å². The Morgan fingerprint density at radius 2 is 1.62 bits per heavy atom. The van der Waals surface area contributed by atoms with E-state index in [0.717, 1.165) is 12.2 Å². The lowest BCUT2D eigenvalue weighted by Gasteiger charge is -2.20. The Morgan fingerprint density at radius 1 is 1.00 bits per heavy atom. The third-order valence-electron chi connectivity index (χ3n) is 3.22. The van der Waals surface area contributed by atoms with Crippen molar-refractivity contribution in [3.05, 3.63) is 60.2 Å². The number of sulfonamides is 1. The SMILES string of the molecule is CCS(=O)(=O)Nc1ccc(N(C)Cc2ccccc2)cc1. The van der Waals surface area contributed by atoms with Crippen molar-refractivity contribution in [2.45, 2.75) is 13.5 Å². The van der Waals surface area contributed by atoms with Crippen molar-refractivity contribution >= 4 is 21.4 Å². The highest BCUT2D eigenvalue weighted by Gasteiger charge is 2.07. The third-order valence-corrected chi connectivity index (χ3v) is 4.53. The minimum atomic E-state index is -3.22. The molecule has 0 saturated carbocycles. The molecular weight excluding hydrogens is 284 g/mol. The van der Waals surface area contributed by atoms with Crippen LogP contribution in [-0.2, 0) is 16.6 Å². The van der Waals surface area contributed by atoms with Crippen LogP contribution in [0.1, 0.15) is 12.5 Å². The van der Waals surface area contributed by atoms with E-state index in [0.29, 0.717) is 5.69 Å². The first-order valence-corrected chi connectivity index (χ1v) is 8.51. The predicted octanol–water partition coefficient (Wildman–Crippen LogP) is 3.08. The molecule has 0 aliphatic carbocycles. The Morgan fingerprint density at radius 3 is 2.19 bits per heavy atom. The van der Waals surface area contributed by atoms with Crippen LogP contribution in [0.2, 0.25) is 0 Å². The van der Waals surface area contributed by atoms with Crippen molar-refractivity contribution in [1.29, 1.82) is 0 Å². The van der Waals surface area contributed by atoms with E-state index in [-0.39, 0.29) is 5.75 Å². The van der Waals surface area contributed by atoms with Gasteiger partial charge in [-0.25, -0.2) is 8.42 Å². The van der Waals surface area contributed by atoms with Crippen molar-refractivity contribution in [3.63, 3.8) is 0 Å². The molecule has 0 atom stereocenters. The van der Waals surface area contributed by atoms with Crippen LogP contribution in [0.25, 0.3) is 0 Å². The third kappa shape index (κ3) is 4.49. The van der Waals surface area contributed by atoms with Gasteiger partial charge in [0.1, 0.15) is 0 Å². The summed E-state index contributed by atoms with van der Waals surface area (Å²) in [7, 11) is -1.21. The maximum atomic E-state index is 11.5. The Kier molecular flexibility index (Phi) is 4.85. The lowest BCUT2D eigenvalue weighted by molar-refractivity contribution is 0.602. The van der Waals surface area contributed by atoms with Gasteiger partial charge in [-0.1, -0.05) is 30.3 Å². The minimum absolute atomic E-state index is 0.0721. The molecule has 0 aliphatic heterocycles. The lowest BCUT2D eigenvalue weighted by atomic mass is 10.2. The summed E-state index contributed by atoms with van der Waals surface area (Å²) in [6.07, 6.45) is 0. The fourth-order valence-electron chi connectivity index (χ4n) is 1.98. The topological polar surface area (TPSA) is 49.4 Å². The van der Waals surface area contributed by atoms with Crippen LogP contribution < -0.4 is 9.62 Å². The van der Waals surface area contributed by atoms with Crippen molar-refractivity contribution in [2.24, 2.45) is 0 Å². The predicted molar refractivity (Wildman–Crippen MR) is 88.1 cm³/mol. The normalized spacial score (nSPS) is 11.1. The first-order valence-electron chi connectivity index (χ1n) is 6.86. The second kappa shape index (κ2) is 6.63. The zero-order valence-electron chi connectivity index (χ0n) is 12.3. The van der Waals surface area contributed by atoms with Crippen LogP contribution in [0.4, 0.5) is 11.4 Å². The van der Waals surface area contributed by atoms with Gasteiger partial charge in [0, 0.05) is 25.0 Å². The van der Waals surface area contributed by atoms with Gasteiger partial charge in [0.05, 0.1) is 5.75 Å². The molecule has 0 aromatic heterocycles. The van der Waals surface area contributed by atoms with Gasteiger partial charge >= 0.3 is 0 Å². The molecule has 21 heavy (non-hydrogen) atoms. The van der Waals surface area contributed by atoms with E-state index >= 15 is 0 Å². The highest BCUT2D eigenvalue weighted by molar-refractivity contribution is 7.92. The van der Waals surface area contributed by atoms with E-state index < -0.39 is 10.0 Å². The van der Waals surface area contributed by atoms with Crippen molar-refractivity contribution in [1.82, 2.24) is 0 Å².